The van der Waals surface area contributed by atoms with Crippen LogP contribution in [0.15, 0.2) is 30.3 Å². The van der Waals surface area contributed by atoms with Gasteiger partial charge in [-0.1, -0.05) is 29.8 Å². The van der Waals surface area contributed by atoms with Crippen LogP contribution >= 0.6 is 11.6 Å². The number of carboxylic acid groups (broad SMARTS) is 4. The largest absolute Gasteiger partial charge is 0.494 e. The Balaban J connectivity index is 1.83. The molecule has 0 aromatic heterocycles. The summed E-state index contributed by atoms with van der Waals surface area (Å²) in [5, 5.41) is 39.2. The van der Waals surface area contributed by atoms with Crippen molar-refractivity contribution in [3.63, 3.8) is 0 Å². The number of hydrogen-bond acceptors (Lipinski definition) is 7. The molecular formula is C30H33ClO11. The molecule has 4 rings (SSSR count). The molecule has 4 N–H and O–H groups in total. The smallest absolute Gasteiger partial charge is 0.305 e. The number of ether oxygens (including phenoxy) is 3. The van der Waals surface area contributed by atoms with Gasteiger partial charge in [-0.15, -0.1) is 0 Å². The van der Waals surface area contributed by atoms with E-state index in [0.717, 1.165) is 5.56 Å². The van der Waals surface area contributed by atoms with Gasteiger partial charge in [-0.05, 0) is 54.0 Å². The van der Waals surface area contributed by atoms with Crippen molar-refractivity contribution in [1.82, 2.24) is 0 Å². The summed E-state index contributed by atoms with van der Waals surface area (Å²) in [6.07, 6.45) is -3.59. The zero-order chi connectivity index (χ0) is 30.6. The summed E-state index contributed by atoms with van der Waals surface area (Å²) >= 11 is 6.79. The first kappa shape index (κ1) is 31.1. The minimum absolute atomic E-state index is 0.309. The number of hydrogen-bond donors (Lipinski definition) is 4. The number of halogens is 1. The average Bonchev–Trinajstić information content (AvgIpc) is 3.40. The monoisotopic (exact) mass is 604 g/mol. The third kappa shape index (κ3) is 7.14. The highest BCUT2D eigenvalue weighted by Gasteiger charge is 2.49. The molecule has 5 atom stereocenters. The maximum Gasteiger partial charge on any atom is 0.305 e. The molecule has 2 aromatic carbocycles. The fourth-order valence-electron chi connectivity index (χ4n) is 6.22. The molecule has 1 saturated heterocycles. The maximum absolute atomic E-state index is 12.1. The van der Waals surface area contributed by atoms with E-state index in [-0.39, 0.29) is 0 Å². The molecular weight excluding hydrogens is 572 g/mol. The molecule has 11 nitrogen and oxygen atoms in total. The van der Waals surface area contributed by atoms with E-state index in [1.807, 2.05) is 31.2 Å². The van der Waals surface area contributed by atoms with Crippen LogP contribution in [0.1, 0.15) is 61.0 Å². The van der Waals surface area contributed by atoms with Crippen molar-refractivity contribution in [3.05, 3.63) is 57.6 Å². The van der Waals surface area contributed by atoms with E-state index in [4.69, 9.17) is 25.8 Å². The summed E-state index contributed by atoms with van der Waals surface area (Å²) in [6, 6.07) is 9.24. The van der Waals surface area contributed by atoms with Crippen molar-refractivity contribution >= 4 is 35.5 Å². The zero-order valence-corrected chi connectivity index (χ0v) is 23.7. The van der Waals surface area contributed by atoms with E-state index in [0.29, 0.717) is 59.3 Å². The molecule has 0 aliphatic carbocycles. The van der Waals surface area contributed by atoms with Gasteiger partial charge in [0.15, 0.2) is 0 Å². The van der Waals surface area contributed by atoms with Crippen LogP contribution in [0.4, 0.5) is 0 Å². The van der Waals surface area contributed by atoms with E-state index in [1.165, 1.54) is 0 Å². The second kappa shape index (κ2) is 13.4. The summed E-state index contributed by atoms with van der Waals surface area (Å²) in [5.41, 5.74) is 2.78. The molecule has 226 valence electrons. The van der Waals surface area contributed by atoms with Crippen molar-refractivity contribution in [2.24, 2.45) is 17.8 Å². The van der Waals surface area contributed by atoms with Crippen molar-refractivity contribution in [2.75, 3.05) is 13.2 Å². The lowest BCUT2D eigenvalue weighted by atomic mass is 9.67. The van der Waals surface area contributed by atoms with E-state index >= 15 is 0 Å². The van der Waals surface area contributed by atoms with Gasteiger partial charge in [0.1, 0.15) is 11.5 Å². The van der Waals surface area contributed by atoms with Crippen LogP contribution in [-0.2, 0) is 36.8 Å². The van der Waals surface area contributed by atoms with Gasteiger partial charge in [0.25, 0.3) is 0 Å². The van der Waals surface area contributed by atoms with Crippen LogP contribution in [0.3, 0.4) is 0 Å². The number of benzene rings is 2. The highest BCUT2D eigenvalue weighted by molar-refractivity contribution is 6.33. The minimum atomic E-state index is -1.26. The summed E-state index contributed by atoms with van der Waals surface area (Å²) in [7, 11) is 0. The predicted molar refractivity (Wildman–Crippen MR) is 148 cm³/mol. The summed E-state index contributed by atoms with van der Waals surface area (Å²) in [6.45, 7) is 2.72. The van der Waals surface area contributed by atoms with E-state index < -0.39 is 79.5 Å². The fourth-order valence-corrected chi connectivity index (χ4v) is 6.51. The quantitative estimate of drug-likeness (QED) is 0.254. The van der Waals surface area contributed by atoms with Gasteiger partial charge in [-0.3, -0.25) is 19.2 Å². The molecule has 1 unspecified atom stereocenters. The molecule has 0 spiro atoms. The Kier molecular flexibility index (Phi) is 9.95. The number of carboxylic acids is 4. The van der Waals surface area contributed by atoms with Crippen molar-refractivity contribution in [1.29, 1.82) is 0 Å². The summed E-state index contributed by atoms with van der Waals surface area (Å²) in [5.74, 6) is -6.82. The van der Waals surface area contributed by atoms with Crippen LogP contribution in [0.2, 0.25) is 5.02 Å². The van der Waals surface area contributed by atoms with Gasteiger partial charge < -0.3 is 34.6 Å². The standard InChI is InChI=1S/C30H33ClO11/c1-2-40-17-5-3-15(4-6-17)9-16-10-21(18-7-8-41-30(18)28(16)31)29-22(13-26(36)37)19(11-24(32)33)20(12-25(34)35)23(42-29)14-27(38)39/h3-6,10,19-20,22-23,29H,2,7-9,11-14H2,1H3,(H,32,33)(H,34,35)(H,36,37)(H,38,39)/t19-,20+,22+,23?,29-/m1/s1. The van der Waals surface area contributed by atoms with Gasteiger partial charge in [0, 0.05) is 24.3 Å². The lowest BCUT2D eigenvalue weighted by molar-refractivity contribution is -0.182. The first-order valence-corrected chi connectivity index (χ1v) is 14.1. The molecule has 2 heterocycles. The molecule has 2 aliphatic heterocycles. The second-order valence-corrected chi connectivity index (χ2v) is 11.0. The Labute approximate surface area is 247 Å². The Morgan fingerprint density at radius 1 is 0.881 bits per heavy atom. The van der Waals surface area contributed by atoms with Crippen molar-refractivity contribution in [2.45, 2.75) is 57.7 Å². The highest BCUT2D eigenvalue weighted by atomic mass is 35.5. The molecule has 0 amide bonds. The third-order valence-corrected chi connectivity index (χ3v) is 8.28. The lowest BCUT2D eigenvalue weighted by Gasteiger charge is -2.46. The van der Waals surface area contributed by atoms with E-state index in [9.17, 15) is 39.6 Å². The Morgan fingerprint density at radius 3 is 2.07 bits per heavy atom. The third-order valence-electron chi connectivity index (χ3n) is 7.86. The van der Waals surface area contributed by atoms with Crippen LogP contribution in [0, 0.1) is 17.8 Å². The first-order chi connectivity index (χ1) is 20.0. The number of rotatable bonds is 13. The number of carbonyl (C=O) groups is 4. The molecule has 2 aromatic rings. The van der Waals surface area contributed by atoms with Crippen LogP contribution in [-0.4, -0.2) is 63.6 Å². The predicted octanol–water partition coefficient (Wildman–Crippen LogP) is 4.45. The van der Waals surface area contributed by atoms with Crippen LogP contribution in [0.25, 0.3) is 0 Å². The van der Waals surface area contributed by atoms with E-state index in [2.05, 4.69) is 0 Å². The highest BCUT2D eigenvalue weighted by Crippen LogP contribution is 2.52. The zero-order valence-electron chi connectivity index (χ0n) is 23.0. The number of fused-ring (bicyclic) bond motifs is 1. The average molecular weight is 605 g/mol. The van der Waals surface area contributed by atoms with Gasteiger partial charge in [0.2, 0.25) is 0 Å². The fraction of sp³-hybridized carbons (Fsp3) is 0.467. The first-order valence-electron chi connectivity index (χ1n) is 13.7. The Hall–Kier alpha value is -3.83. The Morgan fingerprint density at radius 2 is 1.48 bits per heavy atom. The molecule has 0 saturated carbocycles. The Bertz CT molecular complexity index is 1340. The van der Waals surface area contributed by atoms with Crippen LogP contribution in [0.5, 0.6) is 11.5 Å². The van der Waals surface area contributed by atoms with E-state index in [1.54, 1.807) is 6.07 Å². The van der Waals surface area contributed by atoms with Gasteiger partial charge >= 0.3 is 23.9 Å². The number of aliphatic carboxylic acids is 4. The molecule has 42 heavy (non-hydrogen) atoms. The molecule has 2 aliphatic rings. The topological polar surface area (TPSA) is 177 Å². The second-order valence-electron chi connectivity index (χ2n) is 10.6. The van der Waals surface area contributed by atoms with Gasteiger partial charge in [-0.2, -0.15) is 0 Å². The lowest BCUT2D eigenvalue weighted by Crippen LogP contribution is -2.47. The summed E-state index contributed by atoms with van der Waals surface area (Å²) in [4.78, 5) is 47.6. The van der Waals surface area contributed by atoms with Crippen molar-refractivity contribution < 1.29 is 53.8 Å². The summed E-state index contributed by atoms with van der Waals surface area (Å²) < 4.78 is 17.7. The molecule has 1 fully saturated rings. The normalized spacial score (nSPS) is 23.0. The molecule has 0 bridgehead atoms. The SMILES string of the molecule is CCOc1ccc(Cc2cc([C@H]3OC(CC(=O)O)[C@@H](CC(=O)O)[C@@H](CC(=O)O)[C@@H]3CC(=O)O)c3c(c2Cl)OCC3)cc1. The molecule has 0 radical (unpaired) electrons. The maximum atomic E-state index is 12.1. The van der Waals surface area contributed by atoms with Gasteiger partial charge in [-0.25, -0.2) is 0 Å². The van der Waals surface area contributed by atoms with Gasteiger partial charge in [0.05, 0.1) is 49.7 Å². The van der Waals surface area contributed by atoms with Crippen LogP contribution < -0.4 is 9.47 Å². The molecule has 12 heteroatoms. The van der Waals surface area contributed by atoms with Crippen molar-refractivity contribution in [3.8, 4) is 11.5 Å². The minimum Gasteiger partial charge on any atom is -0.494 e.